The first-order valence-electron chi connectivity index (χ1n) is 43.9. The number of carbonyl (C=O) groups excluding carboxylic acids is 12. The van der Waals surface area contributed by atoms with Gasteiger partial charge in [-0.1, -0.05) is 18.2 Å². The Bertz CT molecular complexity index is 6270. The van der Waals surface area contributed by atoms with Crippen LogP contribution in [0, 0.1) is 0 Å². The lowest BCUT2D eigenvalue weighted by molar-refractivity contribution is -0.280. The summed E-state index contributed by atoms with van der Waals surface area (Å²) in [4.78, 5) is 149. The third-order valence-corrected chi connectivity index (χ3v) is 24.0. The zero-order chi connectivity index (χ0) is 99.8. The molecule has 3 fully saturated rings. The third-order valence-electron chi connectivity index (χ3n) is 24.0. The van der Waals surface area contributed by atoms with Crippen LogP contribution in [0.1, 0.15) is 157 Å². The van der Waals surface area contributed by atoms with Crippen LogP contribution in [0.3, 0.4) is 0 Å². The maximum absolute atomic E-state index is 13.4. The Hall–Kier alpha value is -14.8. The number of cyclic esters (lactones) is 3. The summed E-state index contributed by atoms with van der Waals surface area (Å²) in [5.74, 6) is -5.13. The maximum Gasteiger partial charge on any atom is 0.339 e. The van der Waals surface area contributed by atoms with Gasteiger partial charge in [0.2, 0.25) is 57.6 Å². The fourth-order valence-electron chi connectivity index (χ4n) is 18.3. The molecule has 0 bridgehead atoms. The van der Waals surface area contributed by atoms with Gasteiger partial charge in [-0.25, -0.2) is 14.4 Å². The highest BCUT2D eigenvalue weighted by Gasteiger charge is 2.56. The molecule has 18 rings (SSSR count). The molecule has 3 saturated heterocycles. The van der Waals surface area contributed by atoms with Gasteiger partial charge in [0.1, 0.15) is 37.1 Å². The van der Waals surface area contributed by atoms with E-state index in [1.54, 1.807) is 105 Å². The molecule has 6 N–H and O–H groups in total. The van der Waals surface area contributed by atoms with Crippen LogP contribution in [0.4, 0.5) is 0 Å². The van der Waals surface area contributed by atoms with Crippen molar-refractivity contribution < 1.29 is 202 Å². The van der Waals surface area contributed by atoms with Gasteiger partial charge in [0.25, 0.3) is 0 Å². The standard InChI is InChI=1S/2C33H32O14.C32H30O14/c2*1-14-28(44-15(2)36)30(45-16(3)37)31(46-17(4)38)33(43-14)47-29-22-8-20(11-35)19(10-34)7-21(22)26(27-23(29)12-40-32(27)39)18-5-6-24-25(9-18)42-13-41-24;1-14(35)43-25-12-40-32(30(45-16(3)37)29(25)44-15(2)36)46-28-21-7-19(10-34)18(9-33)6-20(21)26(27-22(28)11-39-31(27)38)17-4-5-23-24(8-17)42-13-41-23/h2*5-9,14,28,30-31,33-35H,10-13H2,1-4H3;4-8,25,29-30,32-34H,9-13H2,1-3H3/t2*14-,28+,30+,31-,33?;25-,29-,30+,32?/m100/s1. The normalized spacial score (nSPS) is 22.3. The topological polar surface area (TPSA) is 548 Å². The monoisotopic (exact) mass is 1940 g/mol. The number of hydrogen-bond donors (Lipinski definition) is 6. The average molecular weight is 1940 g/mol. The van der Waals surface area contributed by atoms with E-state index in [-0.39, 0.29) is 80.7 Å². The number of hydrogen-bond acceptors (Lipinski definition) is 42. The summed E-state index contributed by atoms with van der Waals surface area (Å²) in [5.41, 5.74) is 7.03. The number of benzene rings is 9. The first kappa shape index (κ1) is 98.3. The van der Waals surface area contributed by atoms with E-state index in [1.807, 2.05) is 0 Å². The fraction of sp³-hybridized carbons (Fsp3) is 0.388. The zero-order valence-electron chi connectivity index (χ0n) is 76.8. The second kappa shape index (κ2) is 41.1. The zero-order valence-corrected chi connectivity index (χ0v) is 76.8. The SMILES string of the molecule is CC(=O)O[C@@H]1[C@H](OC(C)=O)[C@@H](OC(C)=O)C(Oc2c3c(c(-c4ccc5c(c4)OCO5)c4cc(CO)c(CO)cc24)C(=O)OC3)O[C@@H]1C.CC(=O)O[C@@H]1[C@H](OC(C)=O)[C@H](C)OC(Oc2c3c(c(-c4ccc5c(c4)OCO5)c4cc(CO)c(CO)cc24)C(=O)OC3)[C@H]1OC(C)=O.CC(=O)O[C@H]1[C@@H](OC(C)=O)COC(Oc2c3c(c(-c4ccc5c(c4)OCO5)c4cc(CO)c(CO)cc24)C(=O)OC3)[C@@H]1OC(C)=O. The summed E-state index contributed by atoms with van der Waals surface area (Å²) in [7, 11) is 0. The van der Waals surface area contributed by atoms with Crippen LogP contribution < -0.4 is 42.6 Å². The molecule has 0 amide bonds. The molecular weight excluding hydrogens is 1850 g/mol. The predicted octanol–water partition coefficient (Wildman–Crippen LogP) is 8.04. The molecule has 0 aromatic heterocycles. The van der Waals surface area contributed by atoms with E-state index in [9.17, 15) is 88.2 Å². The Morgan fingerprint density at radius 3 is 0.821 bits per heavy atom. The van der Waals surface area contributed by atoms with Gasteiger partial charge in [0, 0.05) is 112 Å². The third kappa shape index (κ3) is 19.6. The van der Waals surface area contributed by atoms with Gasteiger partial charge < -0.3 is 144 Å². The van der Waals surface area contributed by atoms with Crippen molar-refractivity contribution in [1.82, 2.24) is 0 Å². The van der Waals surface area contributed by atoms with E-state index >= 15 is 0 Å². The molecular formula is C98H94O42. The van der Waals surface area contributed by atoms with E-state index in [0.29, 0.717) is 150 Å². The summed E-state index contributed by atoms with van der Waals surface area (Å²) >= 11 is 0. The van der Waals surface area contributed by atoms with Crippen molar-refractivity contribution in [2.24, 2.45) is 0 Å². The van der Waals surface area contributed by atoms with Crippen LogP contribution >= 0.6 is 0 Å². The van der Waals surface area contributed by atoms with Gasteiger partial charge >= 0.3 is 71.6 Å². The van der Waals surface area contributed by atoms with E-state index in [2.05, 4.69) is 0 Å². The molecule has 0 saturated carbocycles. The first-order valence-corrected chi connectivity index (χ1v) is 43.9. The highest BCUT2D eigenvalue weighted by molar-refractivity contribution is 6.16. The largest absolute Gasteiger partial charge is 0.460 e. The van der Waals surface area contributed by atoms with Crippen molar-refractivity contribution >= 4 is 104 Å². The Kier molecular flexibility index (Phi) is 28.9. The van der Waals surface area contributed by atoms with Crippen LogP contribution in [0.2, 0.25) is 0 Å². The van der Waals surface area contributed by atoms with Gasteiger partial charge in [-0.15, -0.1) is 0 Å². The van der Waals surface area contributed by atoms with Crippen molar-refractivity contribution in [2.75, 3.05) is 27.0 Å². The number of aliphatic hydroxyl groups excluding tert-OH is 6. The summed E-state index contributed by atoms with van der Waals surface area (Å²) in [5, 5.41) is 63.7. The average Bonchev–Trinajstić information content (AvgIpc) is 1.48. The fourth-order valence-corrected chi connectivity index (χ4v) is 18.3. The molecule has 9 aliphatic heterocycles. The lowest BCUT2D eigenvalue weighted by Crippen LogP contribution is -2.62. The number of carbonyl (C=O) groups is 12. The van der Waals surface area contributed by atoms with Gasteiger partial charge in [-0.2, -0.15) is 0 Å². The van der Waals surface area contributed by atoms with Crippen molar-refractivity contribution in [2.45, 2.75) is 222 Å². The second-order valence-corrected chi connectivity index (χ2v) is 33.3. The summed E-state index contributed by atoms with van der Waals surface area (Å²) in [6.07, 6.45) is -17.8. The predicted molar refractivity (Wildman–Crippen MR) is 470 cm³/mol. The Balaban J connectivity index is 0.000000151. The molecule has 9 aromatic rings. The Morgan fingerprint density at radius 1 is 0.286 bits per heavy atom. The van der Waals surface area contributed by atoms with Gasteiger partial charge in [-0.3, -0.25) is 43.2 Å². The van der Waals surface area contributed by atoms with Crippen molar-refractivity contribution in [1.29, 1.82) is 0 Å². The van der Waals surface area contributed by atoms with Crippen LogP contribution in [0.5, 0.6) is 51.7 Å². The summed E-state index contributed by atoms with van der Waals surface area (Å²) in [6.45, 7) is 10.3. The van der Waals surface area contributed by atoms with Crippen molar-refractivity contribution in [3.63, 3.8) is 0 Å². The number of esters is 12. The molecule has 9 aromatic carbocycles. The van der Waals surface area contributed by atoms with E-state index < -0.39 is 197 Å². The molecule has 0 radical (unpaired) electrons. The smallest absolute Gasteiger partial charge is 0.339 e. The summed E-state index contributed by atoms with van der Waals surface area (Å²) < 4.78 is 136. The van der Waals surface area contributed by atoms with E-state index in [1.165, 1.54) is 20.8 Å². The van der Waals surface area contributed by atoms with Crippen LogP contribution in [-0.2, 0) is 174 Å². The molecule has 42 nitrogen and oxygen atoms in total. The van der Waals surface area contributed by atoms with Gasteiger partial charge in [-0.05, 0) is 153 Å². The minimum absolute atomic E-state index is 0.0386. The molecule has 9 aliphatic rings. The number of aliphatic hydroxyl groups is 6. The van der Waals surface area contributed by atoms with E-state index in [4.69, 9.17) is 114 Å². The molecule has 738 valence electrons. The van der Waals surface area contributed by atoms with Gasteiger partial charge in [0.15, 0.2) is 71.1 Å². The van der Waals surface area contributed by atoms with Crippen molar-refractivity contribution in [3.05, 3.63) is 158 Å². The lowest BCUT2D eigenvalue weighted by Gasteiger charge is -2.43. The number of rotatable bonds is 24. The van der Waals surface area contributed by atoms with Crippen molar-refractivity contribution in [3.8, 4) is 85.1 Å². The first-order chi connectivity index (χ1) is 67.1. The highest BCUT2D eigenvalue weighted by atomic mass is 16.8. The van der Waals surface area contributed by atoms with Crippen LogP contribution in [0.25, 0.3) is 65.7 Å². The molecule has 9 heterocycles. The summed E-state index contributed by atoms with van der Waals surface area (Å²) in [6, 6.07) is 25.4. The molecule has 3 unspecified atom stereocenters. The molecule has 14 atom stereocenters. The maximum atomic E-state index is 13.4. The van der Waals surface area contributed by atoms with E-state index in [0.717, 1.165) is 41.5 Å². The van der Waals surface area contributed by atoms with Crippen LogP contribution in [0.15, 0.2) is 91.0 Å². The van der Waals surface area contributed by atoms with Crippen LogP contribution in [-0.4, -0.2) is 215 Å². The quantitative estimate of drug-likeness (QED) is 0.0246. The minimum atomic E-state index is -1.44. The highest BCUT2D eigenvalue weighted by Crippen LogP contribution is 2.54. The Morgan fingerprint density at radius 2 is 0.536 bits per heavy atom. The number of ether oxygens (including phenoxy) is 24. The molecule has 42 heteroatoms. The van der Waals surface area contributed by atoms with Gasteiger partial charge in [0.05, 0.1) is 75.1 Å². The lowest BCUT2D eigenvalue weighted by atomic mass is 9.87. The molecule has 140 heavy (non-hydrogen) atoms. The molecule has 0 spiro atoms. The minimum Gasteiger partial charge on any atom is -0.460 e. The molecule has 0 aliphatic carbocycles. The number of fused-ring (bicyclic) bond motifs is 9. The second-order valence-electron chi connectivity index (χ2n) is 33.3. The Labute approximate surface area is 793 Å².